The summed E-state index contributed by atoms with van der Waals surface area (Å²) in [5.41, 5.74) is 5.61. The van der Waals surface area contributed by atoms with Crippen LogP contribution in [0.15, 0.2) is 18.5 Å². The molecule has 6 heteroatoms. The van der Waals surface area contributed by atoms with Gasteiger partial charge in [-0.05, 0) is 38.3 Å². The van der Waals surface area contributed by atoms with Crippen molar-refractivity contribution in [2.24, 2.45) is 5.73 Å². The zero-order chi connectivity index (χ0) is 14.9. The van der Waals surface area contributed by atoms with Gasteiger partial charge in [-0.25, -0.2) is 9.97 Å². The van der Waals surface area contributed by atoms with Crippen molar-refractivity contribution >= 4 is 5.95 Å². The van der Waals surface area contributed by atoms with E-state index in [0.29, 0.717) is 12.1 Å². The molecule has 2 unspecified atom stereocenters. The molecule has 6 nitrogen and oxygen atoms in total. The normalized spacial score (nSPS) is 20.5. The molecule has 1 aromatic rings. The van der Waals surface area contributed by atoms with E-state index in [-0.39, 0.29) is 0 Å². The maximum absolute atomic E-state index is 5.61. The number of anilines is 1. The number of nitrogens with two attached hydrogens (primary N) is 1. The lowest BCUT2D eigenvalue weighted by Crippen LogP contribution is -2.50. The summed E-state index contributed by atoms with van der Waals surface area (Å²) in [5, 5.41) is 3.71. The molecule has 3 N–H and O–H groups in total. The topological polar surface area (TPSA) is 76.3 Å². The van der Waals surface area contributed by atoms with E-state index < -0.39 is 0 Å². The second kappa shape index (κ2) is 8.92. The molecule has 0 amide bonds. The lowest BCUT2D eigenvalue weighted by Gasteiger charge is -2.35. The van der Waals surface area contributed by atoms with Gasteiger partial charge in [0.05, 0.1) is 6.61 Å². The third-order valence-electron chi connectivity index (χ3n) is 3.85. The van der Waals surface area contributed by atoms with E-state index in [1.54, 1.807) is 19.5 Å². The number of nitrogens with zero attached hydrogens (tertiary/aromatic N) is 3. The molecule has 118 valence electrons. The summed E-state index contributed by atoms with van der Waals surface area (Å²) in [5.74, 6) is 0.828. The summed E-state index contributed by atoms with van der Waals surface area (Å²) in [6, 6.07) is 2.69. The van der Waals surface area contributed by atoms with Gasteiger partial charge in [-0.2, -0.15) is 0 Å². The van der Waals surface area contributed by atoms with Crippen molar-refractivity contribution in [3.63, 3.8) is 0 Å². The lowest BCUT2D eigenvalue weighted by molar-refractivity contribution is 0.153. The Bertz CT molecular complexity index is 389. The van der Waals surface area contributed by atoms with Gasteiger partial charge in [-0.3, -0.25) is 0 Å². The molecule has 0 aliphatic carbocycles. The molecule has 2 rings (SSSR count). The number of hydrogen-bond donors (Lipinski definition) is 2. The van der Waals surface area contributed by atoms with E-state index in [9.17, 15) is 0 Å². The Hall–Kier alpha value is -1.24. The summed E-state index contributed by atoms with van der Waals surface area (Å²) in [7, 11) is 1.75. The fourth-order valence-electron chi connectivity index (χ4n) is 2.86. The van der Waals surface area contributed by atoms with Gasteiger partial charge in [-0.1, -0.05) is 0 Å². The van der Waals surface area contributed by atoms with Gasteiger partial charge >= 0.3 is 0 Å². The summed E-state index contributed by atoms with van der Waals surface area (Å²) in [4.78, 5) is 11.0. The summed E-state index contributed by atoms with van der Waals surface area (Å²) < 4.78 is 5.31. The van der Waals surface area contributed by atoms with Crippen LogP contribution in [-0.4, -0.2) is 55.4 Å². The Morgan fingerprint density at radius 3 is 3.00 bits per heavy atom. The van der Waals surface area contributed by atoms with Gasteiger partial charge < -0.3 is 20.7 Å². The number of rotatable bonds is 8. The summed E-state index contributed by atoms with van der Waals surface area (Å²) in [6.07, 6.45) is 8.03. The van der Waals surface area contributed by atoms with Crippen molar-refractivity contribution in [1.82, 2.24) is 15.3 Å². The molecule has 1 saturated heterocycles. The highest BCUT2D eigenvalue weighted by Crippen LogP contribution is 2.16. The first-order valence-corrected chi connectivity index (χ1v) is 7.80. The molecule has 0 spiro atoms. The molecule has 1 aliphatic rings. The van der Waals surface area contributed by atoms with Gasteiger partial charge in [0.25, 0.3) is 0 Å². The Labute approximate surface area is 127 Å². The minimum Gasteiger partial charge on any atom is -0.383 e. The monoisotopic (exact) mass is 293 g/mol. The van der Waals surface area contributed by atoms with E-state index in [1.807, 2.05) is 6.07 Å². The lowest BCUT2D eigenvalue weighted by atomic mass is 10.0. The molecule has 0 bridgehead atoms. The fourth-order valence-corrected chi connectivity index (χ4v) is 2.86. The van der Waals surface area contributed by atoms with Gasteiger partial charge in [0.15, 0.2) is 0 Å². The molecular formula is C15H27N5O. The van der Waals surface area contributed by atoms with Crippen LogP contribution in [-0.2, 0) is 4.74 Å². The molecule has 1 aromatic heterocycles. The highest BCUT2D eigenvalue weighted by Gasteiger charge is 2.23. The Morgan fingerprint density at radius 2 is 2.29 bits per heavy atom. The molecule has 1 aliphatic heterocycles. The van der Waals surface area contributed by atoms with E-state index in [4.69, 9.17) is 10.5 Å². The van der Waals surface area contributed by atoms with Crippen LogP contribution in [0.4, 0.5) is 5.95 Å². The predicted octanol–water partition coefficient (Wildman–Crippen LogP) is 0.789. The minimum absolute atomic E-state index is 0.375. The van der Waals surface area contributed by atoms with Crippen LogP contribution in [0, 0.1) is 0 Å². The van der Waals surface area contributed by atoms with E-state index in [0.717, 1.165) is 51.5 Å². The van der Waals surface area contributed by atoms with Crippen molar-refractivity contribution in [2.45, 2.75) is 37.8 Å². The van der Waals surface area contributed by atoms with Gasteiger partial charge in [-0.15, -0.1) is 0 Å². The third kappa shape index (κ3) is 5.22. The first-order valence-electron chi connectivity index (χ1n) is 7.80. The van der Waals surface area contributed by atoms with E-state index in [2.05, 4.69) is 20.2 Å². The van der Waals surface area contributed by atoms with Crippen LogP contribution in [0.1, 0.15) is 25.7 Å². The number of piperidine rings is 1. The minimum atomic E-state index is 0.375. The number of aromatic nitrogens is 2. The van der Waals surface area contributed by atoms with Gasteiger partial charge in [0.1, 0.15) is 0 Å². The average Bonchev–Trinajstić information content (AvgIpc) is 2.54. The summed E-state index contributed by atoms with van der Waals surface area (Å²) >= 11 is 0. The van der Waals surface area contributed by atoms with Crippen LogP contribution >= 0.6 is 0 Å². The molecule has 1 fully saturated rings. The number of nitrogens with one attached hydrogen (secondary N) is 1. The largest absolute Gasteiger partial charge is 0.383 e. The zero-order valence-corrected chi connectivity index (χ0v) is 12.9. The molecule has 2 atom stereocenters. The molecule has 0 aromatic carbocycles. The first-order chi connectivity index (χ1) is 10.3. The Morgan fingerprint density at radius 1 is 1.48 bits per heavy atom. The van der Waals surface area contributed by atoms with E-state index >= 15 is 0 Å². The predicted molar refractivity (Wildman–Crippen MR) is 84.4 cm³/mol. The van der Waals surface area contributed by atoms with Crippen molar-refractivity contribution < 1.29 is 4.74 Å². The molecule has 2 heterocycles. The van der Waals surface area contributed by atoms with Crippen LogP contribution < -0.4 is 16.0 Å². The van der Waals surface area contributed by atoms with Gasteiger partial charge in [0, 0.05) is 44.7 Å². The van der Waals surface area contributed by atoms with Crippen molar-refractivity contribution in [3.05, 3.63) is 18.5 Å². The maximum Gasteiger partial charge on any atom is 0.225 e. The van der Waals surface area contributed by atoms with Crippen molar-refractivity contribution in [2.75, 3.05) is 38.3 Å². The number of hydrogen-bond acceptors (Lipinski definition) is 6. The van der Waals surface area contributed by atoms with Crippen LogP contribution in [0.2, 0.25) is 0 Å². The number of ether oxygens (including phenoxy) is 1. The van der Waals surface area contributed by atoms with Crippen LogP contribution in [0.25, 0.3) is 0 Å². The van der Waals surface area contributed by atoms with Crippen molar-refractivity contribution in [3.8, 4) is 0 Å². The highest BCUT2D eigenvalue weighted by molar-refractivity contribution is 5.29. The first kappa shape index (κ1) is 16.1. The third-order valence-corrected chi connectivity index (χ3v) is 3.85. The molecule has 0 saturated carbocycles. The molecular weight excluding hydrogens is 266 g/mol. The van der Waals surface area contributed by atoms with Crippen LogP contribution in [0.3, 0.4) is 0 Å². The summed E-state index contributed by atoms with van der Waals surface area (Å²) in [6.45, 7) is 3.45. The Kier molecular flexibility index (Phi) is 6.85. The SMILES string of the molecule is COCC(CCCN)NC1CCCN(c2ncccn2)C1. The Balaban J connectivity index is 1.87. The maximum atomic E-state index is 5.61. The zero-order valence-electron chi connectivity index (χ0n) is 12.9. The standard InChI is InChI=1S/C15H27N5O/c1-21-12-14(5-2-7-16)19-13-6-3-10-20(11-13)15-17-8-4-9-18-15/h4,8-9,13-14,19H,2-3,5-7,10-12,16H2,1H3. The second-order valence-electron chi connectivity index (χ2n) is 5.58. The van der Waals surface area contributed by atoms with E-state index in [1.165, 1.54) is 6.42 Å². The quantitative estimate of drug-likeness (QED) is 0.738. The highest BCUT2D eigenvalue weighted by atomic mass is 16.5. The van der Waals surface area contributed by atoms with Crippen molar-refractivity contribution in [1.29, 1.82) is 0 Å². The molecule has 0 radical (unpaired) electrons. The second-order valence-corrected chi connectivity index (χ2v) is 5.58. The number of methoxy groups -OCH3 is 1. The average molecular weight is 293 g/mol. The fraction of sp³-hybridized carbons (Fsp3) is 0.733. The van der Waals surface area contributed by atoms with Gasteiger partial charge in [0.2, 0.25) is 5.95 Å². The molecule has 21 heavy (non-hydrogen) atoms. The van der Waals surface area contributed by atoms with Crippen LogP contribution in [0.5, 0.6) is 0 Å². The smallest absolute Gasteiger partial charge is 0.225 e.